The highest BCUT2D eigenvalue weighted by molar-refractivity contribution is 5.95. The minimum atomic E-state index is -0.370. The molecule has 0 atom stereocenters. The van der Waals surface area contributed by atoms with Crippen LogP contribution >= 0.6 is 0 Å². The van der Waals surface area contributed by atoms with Crippen molar-refractivity contribution in [3.63, 3.8) is 0 Å². The second kappa shape index (κ2) is 3.92. The van der Waals surface area contributed by atoms with Gasteiger partial charge in [0.25, 0.3) is 0 Å². The van der Waals surface area contributed by atoms with Gasteiger partial charge in [0, 0.05) is 5.92 Å². The van der Waals surface area contributed by atoms with Crippen LogP contribution in [0.25, 0.3) is 0 Å². The minimum absolute atomic E-state index is 0.246. The first-order valence-corrected chi connectivity index (χ1v) is 5.25. The number of nitrogen functional groups attached to an aromatic ring is 1. The number of hydrogen-bond acceptors (Lipinski definition) is 4. The number of rotatable bonds is 3. The largest absolute Gasteiger partial charge is 0.462 e. The van der Waals surface area contributed by atoms with Crippen molar-refractivity contribution in [1.29, 1.82) is 0 Å². The summed E-state index contributed by atoms with van der Waals surface area (Å²) in [6.45, 7) is 2.13. The van der Waals surface area contributed by atoms with E-state index in [2.05, 4.69) is 10.2 Å². The van der Waals surface area contributed by atoms with E-state index in [9.17, 15) is 4.79 Å². The van der Waals surface area contributed by atoms with Gasteiger partial charge in [-0.25, -0.2) is 4.79 Å². The summed E-state index contributed by atoms with van der Waals surface area (Å²) in [7, 11) is 0. The Kier molecular flexibility index (Phi) is 2.62. The summed E-state index contributed by atoms with van der Waals surface area (Å²) in [5, 5.41) is 6.71. The van der Waals surface area contributed by atoms with Crippen molar-refractivity contribution in [1.82, 2.24) is 10.2 Å². The monoisotopic (exact) mass is 209 g/mol. The summed E-state index contributed by atoms with van der Waals surface area (Å²) in [6, 6.07) is 0. The van der Waals surface area contributed by atoms with Crippen LogP contribution in [-0.4, -0.2) is 22.8 Å². The van der Waals surface area contributed by atoms with Crippen molar-refractivity contribution in [2.75, 3.05) is 12.3 Å². The molecule has 1 aromatic heterocycles. The van der Waals surface area contributed by atoms with Gasteiger partial charge >= 0.3 is 5.97 Å². The van der Waals surface area contributed by atoms with Crippen LogP contribution in [0.1, 0.15) is 48.2 Å². The molecule has 0 aromatic carbocycles. The lowest BCUT2D eigenvalue weighted by Crippen LogP contribution is -2.15. The van der Waals surface area contributed by atoms with Gasteiger partial charge in [-0.3, -0.25) is 5.10 Å². The SMILES string of the molecule is CCOC(=O)c1c(N)n[nH]c1C1CCC1. The second-order valence-corrected chi connectivity index (χ2v) is 3.75. The first-order chi connectivity index (χ1) is 7.24. The molecule has 3 N–H and O–H groups in total. The van der Waals surface area contributed by atoms with E-state index < -0.39 is 0 Å². The molecule has 1 fully saturated rings. The van der Waals surface area contributed by atoms with Crippen molar-refractivity contribution in [2.24, 2.45) is 0 Å². The van der Waals surface area contributed by atoms with Gasteiger partial charge < -0.3 is 10.5 Å². The zero-order valence-corrected chi connectivity index (χ0v) is 8.75. The Morgan fingerprint density at radius 2 is 2.40 bits per heavy atom. The molecule has 0 aliphatic heterocycles. The van der Waals surface area contributed by atoms with Gasteiger partial charge in [-0.1, -0.05) is 6.42 Å². The molecule has 1 aliphatic rings. The fourth-order valence-corrected chi connectivity index (χ4v) is 1.78. The van der Waals surface area contributed by atoms with E-state index >= 15 is 0 Å². The molecule has 1 heterocycles. The average Bonchev–Trinajstić information content (AvgIpc) is 2.45. The normalized spacial score (nSPS) is 16.1. The number of nitrogens with two attached hydrogens (primary N) is 1. The van der Waals surface area contributed by atoms with Gasteiger partial charge in [-0.2, -0.15) is 5.10 Å². The van der Waals surface area contributed by atoms with Gasteiger partial charge in [0.15, 0.2) is 5.82 Å². The van der Waals surface area contributed by atoms with E-state index in [1.54, 1.807) is 6.92 Å². The molecule has 2 rings (SSSR count). The number of ether oxygens (including phenoxy) is 1. The van der Waals surface area contributed by atoms with Crippen LogP contribution in [-0.2, 0) is 4.74 Å². The fourth-order valence-electron chi connectivity index (χ4n) is 1.78. The van der Waals surface area contributed by atoms with Crippen molar-refractivity contribution in [3.8, 4) is 0 Å². The topological polar surface area (TPSA) is 81.0 Å². The number of aromatic nitrogens is 2. The predicted molar refractivity (Wildman–Crippen MR) is 55.5 cm³/mol. The molecular weight excluding hydrogens is 194 g/mol. The molecule has 1 aliphatic carbocycles. The Morgan fingerprint density at radius 3 is 2.93 bits per heavy atom. The molecule has 1 aromatic rings. The van der Waals surface area contributed by atoms with Gasteiger partial charge in [0.05, 0.1) is 12.3 Å². The van der Waals surface area contributed by atoms with E-state index in [-0.39, 0.29) is 11.8 Å². The summed E-state index contributed by atoms with van der Waals surface area (Å²) in [5.41, 5.74) is 6.92. The third kappa shape index (κ3) is 1.69. The van der Waals surface area contributed by atoms with Gasteiger partial charge in [0.2, 0.25) is 0 Å². The van der Waals surface area contributed by atoms with E-state index in [1.165, 1.54) is 6.42 Å². The lowest BCUT2D eigenvalue weighted by Gasteiger charge is -2.24. The van der Waals surface area contributed by atoms with Crippen molar-refractivity contribution in [3.05, 3.63) is 11.3 Å². The van der Waals surface area contributed by atoms with Gasteiger partial charge in [0.1, 0.15) is 5.56 Å². The summed E-state index contributed by atoms with van der Waals surface area (Å²) in [5.74, 6) is 0.273. The van der Waals surface area contributed by atoms with E-state index in [4.69, 9.17) is 10.5 Å². The Balaban J connectivity index is 2.26. The Morgan fingerprint density at radius 1 is 1.67 bits per heavy atom. The summed E-state index contributed by atoms with van der Waals surface area (Å²) in [6.07, 6.45) is 3.38. The van der Waals surface area contributed by atoms with Crippen LogP contribution in [0.4, 0.5) is 5.82 Å². The number of esters is 1. The molecule has 0 saturated heterocycles. The first kappa shape index (κ1) is 10.0. The summed E-state index contributed by atoms with van der Waals surface area (Å²) >= 11 is 0. The fraction of sp³-hybridized carbons (Fsp3) is 0.600. The molecule has 5 nitrogen and oxygen atoms in total. The summed E-state index contributed by atoms with van der Waals surface area (Å²) < 4.78 is 4.95. The molecule has 0 amide bonds. The zero-order chi connectivity index (χ0) is 10.8. The molecule has 15 heavy (non-hydrogen) atoms. The number of nitrogens with zero attached hydrogens (tertiary/aromatic N) is 1. The smallest absolute Gasteiger partial charge is 0.343 e. The van der Waals surface area contributed by atoms with Crippen LogP contribution in [0.3, 0.4) is 0 Å². The lowest BCUT2D eigenvalue weighted by molar-refractivity contribution is 0.0525. The first-order valence-electron chi connectivity index (χ1n) is 5.25. The summed E-state index contributed by atoms with van der Waals surface area (Å²) in [4.78, 5) is 11.6. The number of H-pyrrole nitrogens is 1. The number of aromatic amines is 1. The highest BCUT2D eigenvalue weighted by Crippen LogP contribution is 2.38. The van der Waals surface area contributed by atoms with E-state index in [1.807, 2.05) is 0 Å². The second-order valence-electron chi connectivity index (χ2n) is 3.75. The van der Waals surface area contributed by atoms with Crippen molar-refractivity contribution >= 4 is 11.8 Å². The van der Waals surface area contributed by atoms with Gasteiger partial charge in [-0.05, 0) is 19.8 Å². The molecular formula is C10H15N3O2. The quantitative estimate of drug-likeness (QED) is 0.738. The molecule has 1 saturated carbocycles. The van der Waals surface area contributed by atoms with Crippen LogP contribution in [0.2, 0.25) is 0 Å². The van der Waals surface area contributed by atoms with Crippen LogP contribution < -0.4 is 5.73 Å². The van der Waals surface area contributed by atoms with Crippen LogP contribution in [0.15, 0.2) is 0 Å². The maximum Gasteiger partial charge on any atom is 0.343 e. The van der Waals surface area contributed by atoms with Crippen molar-refractivity contribution in [2.45, 2.75) is 32.1 Å². The highest BCUT2D eigenvalue weighted by atomic mass is 16.5. The average molecular weight is 209 g/mol. The Bertz CT molecular complexity index is 369. The molecule has 0 spiro atoms. The maximum absolute atomic E-state index is 11.6. The van der Waals surface area contributed by atoms with Crippen molar-refractivity contribution < 1.29 is 9.53 Å². The number of carbonyl (C=O) groups excluding carboxylic acids is 1. The van der Waals surface area contributed by atoms with E-state index in [0.29, 0.717) is 18.1 Å². The molecule has 5 heteroatoms. The molecule has 0 bridgehead atoms. The third-order valence-corrected chi connectivity index (χ3v) is 2.82. The Labute approximate surface area is 88.0 Å². The van der Waals surface area contributed by atoms with Crippen LogP contribution in [0.5, 0.6) is 0 Å². The third-order valence-electron chi connectivity index (χ3n) is 2.82. The predicted octanol–water partition coefficient (Wildman–Crippen LogP) is 1.44. The molecule has 0 radical (unpaired) electrons. The number of nitrogens with one attached hydrogen (secondary N) is 1. The van der Waals surface area contributed by atoms with E-state index in [0.717, 1.165) is 18.5 Å². The number of anilines is 1. The molecule has 82 valence electrons. The van der Waals surface area contributed by atoms with Crippen LogP contribution in [0, 0.1) is 0 Å². The minimum Gasteiger partial charge on any atom is -0.462 e. The number of carbonyl (C=O) groups is 1. The lowest BCUT2D eigenvalue weighted by atomic mass is 9.81. The zero-order valence-electron chi connectivity index (χ0n) is 8.75. The standard InChI is InChI=1S/C10H15N3O2/c1-2-15-10(14)7-8(6-4-3-5-6)12-13-9(7)11/h6H,2-5H2,1H3,(H3,11,12,13). The number of hydrogen-bond donors (Lipinski definition) is 2. The van der Waals surface area contributed by atoms with Gasteiger partial charge in [-0.15, -0.1) is 0 Å². The molecule has 0 unspecified atom stereocenters. The highest BCUT2D eigenvalue weighted by Gasteiger charge is 2.29. The Hall–Kier alpha value is -1.52. The maximum atomic E-state index is 11.6.